The maximum Gasteiger partial charge on any atom is 0.236 e. The average Bonchev–Trinajstić information content (AvgIpc) is 3.08. The fourth-order valence-corrected chi connectivity index (χ4v) is 3.71. The Kier molecular flexibility index (Phi) is 3.83. The minimum absolute atomic E-state index is 0.000809. The van der Waals surface area contributed by atoms with E-state index in [0.717, 1.165) is 18.7 Å². The molecule has 3 rings (SSSR count). The third-order valence-electron chi connectivity index (χ3n) is 3.52. The zero-order chi connectivity index (χ0) is 13.9. The van der Waals surface area contributed by atoms with Gasteiger partial charge in [0.1, 0.15) is 11.1 Å². The molecule has 0 spiro atoms. The molecule has 2 heterocycles. The highest BCUT2D eigenvalue weighted by Crippen LogP contribution is 2.42. The van der Waals surface area contributed by atoms with Crippen LogP contribution in [0.1, 0.15) is 23.6 Å². The molecule has 1 aliphatic rings. The van der Waals surface area contributed by atoms with Crippen LogP contribution in [0, 0.1) is 0 Å². The number of amides is 1. The first-order valence-electron chi connectivity index (χ1n) is 6.79. The molecule has 2 unspecified atom stereocenters. The summed E-state index contributed by atoms with van der Waals surface area (Å²) >= 11 is 1.66. The van der Waals surface area contributed by atoms with Crippen molar-refractivity contribution in [2.45, 2.75) is 24.0 Å². The van der Waals surface area contributed by atoms with Crippen LogP contribution in [-0.4, -0.2) is 22.6 Å². The number of rotatable bonds is 4. The van der Waals surface area contributed by atoms with Crippen LogP contribution in [0.4, 0.5) is 0 Å². The second-order valence-corrected chi connectivity index (χ2v) is 6.34. The van der Waals surface area contributed by atoms with Crippen molar-refractivity contribution in [1.82, 2.24) is 4.90 Å². The number of thioether (sulfide) groups is 1. The smallest absolute Gasteiger partial charge is 0.236 e. The number of carbonyl (C=O) groups is 1. The first-order valence-corrected chi connectivity index (χ1v) is 7.73. The van der Waals surface area contributed by atoms with Crippen molar-refractivity contribution < 1.29 is 9.21 Å². The van der Waals surface area contributed by atoms with E-state index in [0.29, 0.717) is 0 Å². The largest absolute Gasteiger partial charge is 0.466 e. The molecule has 2 aromatic rings. The third-order valence-corrected chi connectivity index (χ3v) is 4.87. The second kappa shape index (κ2) is 5.75. The molecule has 1 aromatic carbocycles. The summed E-state index contributed by atoms with van der Waals surface area (Å²) in [5.74, 6) is 1.06. The molecule has 3 nitrogen and oxygen atoms in total. The molecule has 0 radical (unpaired) electrons. The Labute approximate surface area is 123 Å². The van der Waals surface area contributed by atoms with E-state index in [1.54, 1.807) is 18.0 Å². The summed E-state index contributed by atoms with van der Waals surface area (Å²) in [6, 6.07) is 14.1. The summed E-state index contributed by atoms with van der Waals surface area (Å²) in [6.07, 6.45) is 2.54. The van der Waals surface area contributed by atoms with E-state index in [-0.39, 0.29) is 16.5 Å². The van der Waals surface area contributed by atoms with Crippen molar-refractivity contribution in [1.29, 1.82) is 0 Å². The number of hydrogen-bond donors (Lipinski definition) is 0. The van der Waals surface area contributed by atoms with Crippen molar-refractivity contribution >= 4 is 17.7 Å². The van der Waals surface area contributed by atoms with Crippen molar-refractivity contribution in [2.75, 3.05) is 6.54 Å². The van der Waals surface area contributed by atoms with Gasteiger partial charge in [0.05, 0.1) is 11.5 Å². The van der Waals surface area contributed by atoms with Crippen LogP contribution in [-0.2, 0) is 11.2 Å². The molecule has 20 heavy (non-hydrogen) atoms. The Morgan fingerprint density at radius 2 is 2.00 bits per heavy atom. The summed E-state index contributed by atoms with van der Waals surface area (Å²) in [5, 5.41) is 0.0112. The van der Waals surface area contributed by atoms with Crippen LogP contribution in [0.25, 0.3) is 0 Å². The van der Waals surface area contributed by atoms with Gasteiger partial charge in [-0.05, 0) is 31.0 Å². The normalized spacial score (nSPS) is 22.4. The van der Waals surface area contributed by atoms with Gasteiger partial charge in [-0.2, -0.15) is 0 Å². The molecule has 2 atom stereocenters. The zero-order valence-corrected chi connectivity index (χ0v) is 12.2. The molecule has 4 heteroatoms. The quantitative estimate of drug-likeness (QED) is 0.863. The fourth-order valence-electron chi connectivity index (χ4n) is 2.45. The third kappa shape index (κ3) is 2.61. The first kappa shape index (κ1) is 13.3. The molecule has 0 aliphatic carbocycles. The molecule has 0 N–H and O–H groups in total. The lowest BCUT2D eigenvalue weighted by Gasteiger charge is -2.22. The highest BCUT2D eigenvalue weighted by molar-refractivity contribution is 8.01. The number of carbonyl (C=O) groups excluding carboxylic acids is 1. The summed E-state index contributed by atoms with van der Waals surface area (Å²) in [7, 11) is 0. The Morgan fingerprint density at radius 1 is 1.20 bits per heavy atom. The predicted octanol–water partition coefficient (Wildman–Crippen LogP) is 3.48. The number of nitrogens with zero attached hydrogens (tertiary/aromatic N) is 1. The van der Waals surface area contributed by atoms with Gasteiger partial charge in [-0.15, -0.1) is 11.8 Å². The predicted molar refractivity (Wildman–Crippen MR) is 80.4 cm³/mol. The van der Waals surface area contributed by atoms with Crippen LogP contribution < -0.4 is 0 Å². The highest BCUT2D eigenvalue weighted by atomic mass is 32.2. The molecule has 1 amide bonds. The van der Waals surface area contributed by atoms with Gasteiger partial charge in [0.15, 0.2) is 0 Å². The summed E-state index contributed by atoms with van der Waals surface area (Å²) in [4.78, 5) is 14.2. The molecule has 1 saturated heterocycles. The topological polar surface area (TPSA) is 33.5 Å². The molecule has 1 aliphatic heterocycles. The summed E-state index contributed by atoms with van der Waals surface area (Å²) in [5.41, 5.74) is 1.25. The first-order chi connectivity index (χ1) is 9.75. The Balaban J connectivity index is 1.73. The van der Waals surface area contributed by atoms with E-state index in [2.05, 4.69) is 12.1 Å². The van der Waals surface area contributed by atoms with Gasteiger partial charge >= 0.3 is 0 Å². The lowest BCUT2D eigenvalue weighted by atomic mass is 10.1. The van der Waals surface area contributed by atoms with Crippen molar-refractivity contribution in [2.24, 2.45) is 0 Å². The molecular weight excluding hydrogens is 270 g/mol. The van der Waals surface area contributed by atoms with Gasteiger partial charge in [-0.25, -0.2) is 0 Å². The average molecular weight is 287 g/mol. The monoisotopic (exact) mass is 287 g/mol. The molecular formula is C16H17NO2S. The van der Waals surface area contributed by atoms with Crippen LogP contribution in [0.3, 0.4) is 0 Å². The minimum atomic E-state index is 0.000809. The van der Waals surface area contributed by atoms with Gasteiger partial charge < -0.3 is 9.32 Å². The minimum Gasteiger partial charge on any atom is -0.466 e. The van der Waals surface area contributed by atoms with Gasteiger partial charge in [-0.3, -0.25) is 4.79 Å². The molecule has 1 fully saturated rings. The van der Waals surface area contributed by atoms with Crippen LogP contribution in [0.2, 0.25) is 0 Å². The van der Waals surface area contributed by atoms with E-state index in [1.807, 2.05) is 42.2 Å². The second-order valence-electron chi connectivity index (χ2n) is 4.91. The van der Waals surface area contributed by atoms with E-state index in [4.69, 9.17) is 4.42 Å². The van der Waals surface area contributed by atoms with E-state index in [1.165, 1.54) is 5.56 Å². The van der Waals surface area contributed by atoms with Gasteiger partial charge in [0.2, 0.25) is 5.91 Å². The van der Waals surface area contributed by atoms with Crippen molar-refractivity contribution in [3.8, 4) is 0 Å². The summed E-state index contributed by atoms with van der Waals surface area (Å²) in [6.45, 7) is 2.69. The number of furan rings is 1. The van der Waals surface area contributed by atoms with E-state index < -0.39 is 0 Å². The van der Waals surface area contributed by atoms with Crippen molar-refractivity contribution in [3.05, 3.63) is 60.1 Å². The number of benzene rings is 1. The fraction of sp³-hybridized carbons (Fsp3) is 0.312. The molecule has 1 aromatic heterocycles. The van der Waals surface area contributed by atoms with Crippen molar-refractivity contribution in [3.63, 3.8) is 0 Å². The lowest BCUT2D eigenvalue weighted by Crippen LogP contribution is -2.32. The SMILES string of the molecule is CC1SC(c2ccco2)N(CCc2ccccc2)C1=O. The van der Waals surface area contributed by atoms with Crippen LogP contribution >= 0.6 is 11.8 Å². The molecule has 0 bridgehead atoms. The molecule has 0 saturated carbocycles. The number of hydrogen-bond acceptors (Lipinski definition) is 3. The maximum absolute atomic E-state index is 12.3. The summed E-state index contributed by atoms with van der Waals surface area (Å²) < 4.78 is 5.48. The highest BCUT2D eigenvalue weighted by Gasteiger charge is 2.39. The van der Waals surface area contributed by atoms with E-state index in [9.17, 15) is 4.79 Å². The lowest BCUT2D eigenvalue weighted by molar-refractivity contribution is -0.130. The Hall–Kier alpha value is -1.68. The standard InChI is InChI=1S/C16H17NO2S/c1-12-15(18)17(10-9-13-6-3-2-4-7-13)16(20-12)14-8-5-11-19-14/h2-8,11-12,16H,9-10H2,1H3. The Bertz CT molecular complexity index is 567. The van der Waals surface area contributed by atoms with E-state index >= 15 is 0 Å². The van der Waals surface area contributed by atoms with Crippen LogP contribution in [0.5, 0.6) is 0 Å². The Morgan fingerprint density at radius 3 is 2.70 bits per heavy atom. The zero-order valence-electron chi connectivity index (χ0n) is 11.4. The van der Waals surface area contributed by atoms with Gasteiger partial charge in [0.25, 0.3) is 0 Å². The van der Waals surface area contributed by atoms with Gasteiger partial charge in [0, 0.05) is 6.54 Å². The van der Waals surface area contributed by atoms with Crippen LogP contribution in [0.15, 0.2) is 53.1 Å². The molecule has 104 valence electrons. The van der Waals surface area contributed by atoms with Gasteiger partial charge in [-0.1, -0.05) is 30.3 Å². The maximum atomic E-state index is 12.3.